The van der Waals surface area contributed by atoms with E-state index in [-0.39, 0.29) is 18.6 Å². The van der Waals surface area contributed by atoms with Crippen molar-refractivity contribution in [2.75, 3.05) is 13.2 Å². The van der Waals surface area contributed by atoms with E-state index in [4.69, 9.17) is 4.74 Å². The molecule has 1 unspecified atom stereocenters. The summed E-state index contributed by atoms with van der Waals surface area (Å²) in [6.07, 6.45) is -4.49. The molecule has 0 fully saturated rings. The number of alkyl halides is 3. The van der Waals surface area contributed by atoms with Gasteiger partial charge < -0.3 is 9.84 Å². The third-order valence-electron chi connectivity index (χ3n) is 2.24. The number of aliphatic hydroxyl groups excluding tert-OH is 1. The Labute approximate surface area is 102 Å². The Kier molecular flexibility index (Phi) is 5.42. The van der Waals surface area contributed by atoms with Crippen LogP contribution in [-0.4, -0.2) is 18.3 Å². The van der Waals surface area contributed by atoms with E-state index in [9.17, 15) is 18.3 Å². The maximum Gasteiger partial charge on any atom is 0.417 e. The van der Waals surface area contributed by atoms with E-state index in [2.05, 4.69) is 0 Å². The molecule has 1 rings (SSSR count). The molecule has 1 atom stereocenters. The molecule has 1 aromatic rings. The number of thiophene rings is 1. The van der Waals surface area contributed by atoms with Gasteiger partial charge in [-0.1, -0.05) is 6.92 Å². The molecule has 0 aliphatic rings. The number of ether oxygens (including phenoxy) is 1. The van der Waals surface area contributed by atoms with Crippen molar-refractivity contribution in [1.29, 1.82) is 0 Å². The maximum atomic E-state index is 12.5. The van der Waals surface area contributed by atoms with Crippen LogP contribution in [0.25, 0.3) is 0 Å². The average Bonchev–Trinajstić information content (AvgIpc) is 2.72. The Morgan fingerprint density at radius 1 is 1.35 bits per heavy atom. The fourth-order valence-electron chi connectivity index (χ4n) is 1.39. The van der Waals surface area contributed by atoms with Crippen LogP contribution >= 0.6 is 11.3 Å². The Morgan fingerprint density at radius 2 is 2.06 bits per heavy atom. The number of hydrogen-bond donors (Lipinski definition) is 1. The Balaban J connectivity index is 2.57. The molecule has 0 bridgehead atoms. The molecule has 1 aromatic heterocycles. The normalized spacial score (nSPS) is 13.9. The summed E-state index contributed by atoms with van der Waals surface area (Å²) in [5.74, 6) is 0. The van der Waals surface area contributed by atoms with Crippen LogP contribution in [0.15, 0.2) is 10.8 Å². The summed E-state index contributed by atoms with van der Waals surface area (Å²) in [4.78, 5) is 0. The van der Waals surface area contributed by atoms with Crippen LogP contribution in [0.4, 0.5) is 13.2 Å². The van der Waals surface area contributed by atoms with Crippen molar-refractivity contribution in [3.8, 4) is 0 Å². The third-order valence-corrected chi connectivity index (χ3v) is 3.00. The van der Waals surface area contributed by atoms with Gasteiger partial charge in [-0.05, 0) is 11.8 Å². The molecule has 1 N–H and O–H groups in total. The van der Waals surface area contributed by atoms with Crippen LogP contribution in [0.3, 0.4) is 0 Å². The topological polar surface area (TPSA) is 29.5 Å². The van der Waals surface area contributed by atoms with Gasteiger partial charge in [0, 0.05) is 30.6 Å². The molecule has 0 amide bonds. The molecule has 1 heterocycles. The van der Waals surface area contributed by atoms with Crippen LogP contribution < -0.4 is 0 Å². The number of rotatable bonds is 6. The van der Waals surface area contributed by atoms with E-state index >= 15 is 0 Å². The van der Waals surface area contributed by atoms with Gasteiger partial charge in [-0.25, -0.2) is 0 Å². The summed E-state index contributed by atoms with van der Waals surface area (Å²) in [6.45, 7) is 2.77. The van der Waals surface area contributed by atoms with Crippen LogP contribution in [0, 0.1) is 0 Å². The fourth-order valence-corrected chi connectivity index (χ4v) is 2.30. The molecular formula is C11H15F3O2S. The van der Waals surface area contributed by atoms with Crippen LogP contribution in [0.1, 0.15) is 37.0 Å². The molecule has 0 radical (unpaired) electrons. The van der Waals surface area contributed by atoms with E-state index in [1.54, 1.807) is 0 Å². The minimum absolute atomic E-state index is 0.0531. The van der Waals surface area contributed by atoms with Crippen molar-refractivity contribution in [2.45, 2.75) is 32.0 Å². The lowest BCUT2D eigenvalue weighted by Gasteiger charge is -2.13. The zero-order valence-electron chi connectivity index (χ0n) is 9.46. The summed E-state index contributed by atoms with van der Waals surface area (Å²) in [7, 11) is 0. The highest BCUT2D eigenvalue weighted by Crippen LogP contribution is 2.37. The Morgan fingerprint density at radius 3 is 2.65 bits per heavy atom. The van der Waals surface area contributed by atoms with E-state index in [1.165, 1.54) is 5.38 Å². The van der Waals surface area contributed by atoms with E-state index in [0.29, 0.717) is 6.61 Å². The molecule has 98 valence electrons. The predicted octanol–water partition coefficient (Wildman–Crippen LogP) is 3.62. The standard InChI is InChI=1S/C11H15F3O2S/c1-2-4-16-5-3-10(15)8-6-17-7-9(8)11(12,13)14/h6-7,10,15H,2-5H2,1H3. The summed E-state index contributed by atoms with van der Waals surface area (Å²) in [6, 6.07) is 0. The van der Waals surface area contributed by atoms with Gasteiger partial charge in [0.1, 0.15) is 0 Å². The lowest BCUT2D eigenvalue weighted by molar-refractivity contribution is -0.138. The second-order valence-corrected chi connectivity index (χ2v) is 4.40. The summed E-state index contributed by atoms with van der Waals surface area (Å²) in [5, 5.41) is 12.0. The molecule has 0 aliphatic heterocycles. The van der Waals surface area contributed by atoms with Gasteiger partial charge >= 0.3 is 6.18 Å². The van der Waals surface area contributed by atoms with Gasteiger partial charge in [0.25, 0.3) is 0 Å². The molecule has 0 aliphatic carbocycles. The molecular weight excluding hydrogens is 253 g/mol. The highest BCUT2D eigenvalue weighted by molar-refractivity contribution is 7.08. The zero-order valence-corrected chi connectivity index (χ0v) is 10.3. The first kappa shape index (κ1) is 14.5. The number of aliphatic hydroxyl groups is 1. The van der Waals surface area contributed by atoms with E-state index < -0.39 is 17.8 Å². The smallest absolute Gasteiger partial charge is 0.388 e. The highest BCUT2D eigenvalue weighted by atomic mass is 32.1. The van der Waals surface area contributed by atoms with Crippen molar-refractivity contribution >= 4 is 11.3 Å². The largest absolute Gasteiger partial charge is 0.417 e. The molecule has 17 heavy (non-hydrogen) atoms. The summed E-state index contributed by atoms with van der Waals surface area (Å²) < 4.78 is 42.8. The highest BCUT2D eigenvalue weighted by Gasteiger charge is 2.35. The second kappa shape index (κ2) is 6.37. The van der Waals surface area contributed by atoms with Gasteiger partial charge in [0.05, 0.1) is 11.7 Å². The zero-order chi connectivity index (χ0) is 12.9. The van der Waals surface area contributed by atoms with Gasteiger partial charge in [-0.3, -0.25) is 0 Å². The first-order valence-electron chi connectivity index (χ1n) is 5.36. The lowest BCUT2D eigenvalue weighted by atomic mass is 10.1. The van der Waals surface area contributed by atoms with Crippen molar-refractivity contribution in [3.05, 3.63) is 21.9 Å². The fraction of sp³-hybridized carbons (Fsp3) is 0.636. The van der Waals surface area contributed by atoms with Crippen molar-refractivity contribution in [3.63, 3.8) is 0 Å². The van der Waals surface area contributed by atoms with Crippen LogP contribution in [0.5, 0.6) is 0 Å². The third kappa shape index (κ3) is 4.29. The van der Waals surface area contributed by atoms with Crippen molar-refractivity contribution in [2.24, 2.45) is 0 Å². The summed E-state index contributed by atoms with van der Waals surface area (Å²) in [5.41, 5.74) is -0.798. The molecule has 2 nitrogen and oxygen atoms in total. The van der Waals surface area contributed by atoms with E-state index in [1.807, 2.05) is 6.92 Å². The first-order valence-corrected chi connectivity index (χ1v) is 6.30. The molecule has 0 saturated carbocycles. The quantitative estimate of drug-likeness (QED) is 0.798. The number of hydrogen-bond acceptors (Lipinski definition) is 3. The van der Waals surface area contributed by atoms with Crippen LogP contribution in [-0.2, 0) is 10.9 Å². The predicted molar refractivity (Wildman–Crippen MR) is 60.0 cm³/mol. The molecule has 0 spiro atoms. The summed E-state index contributed by atoms with van der Waals surface area (Å²) >= 11 is 0.944. The van der Waals surface area contributed by atoms with Gasteiger partial charge in [0.2, 0.25) is 0 Å². The molecule has 0 saturated heterocycles. The lowest BCUT2D eigenvalue weighted by Crippen LogP contribution is -2.11. The minimum atomic E-state index is -4.40. The average molecular weight is 268 g/mol. The number of halogens is 3. The second-order valence-electron chi connectivity index (χ2n) is 3.66. The van der Waals surface area contributed by atoms with Gasteiger partial charge in [0.15, 0.2) is 0 Å². The van der Waals surface area contributed by atoms with Gasteiger partial charge in [-0.15, -0.1) is 0 Å². The molecule has 6 heteroatoms. The van der Waals surface area contributed by atoms with Crippen LogP contribution in [0.2, 0.25) is 0 Å². The minimum Gasteiger partial charge on any atom is -0.388 e. The van der Waals surface area contributed by atoms with Gasteiger partial charge in [-0.2, -0.15) is 24.5 Å². The SMILES string of the molecule is CCCOCCC(O)c1cscc1C(F)(F)F. The molecule has 0 aromatic carbocycles. The van der Waals surface area contributed by atoms with Crippen molar-refractivity contribution < 1.29 is 23.0 Å². The van der Waals surface area contributed by atoms with Crippen molar-refractivity contribution in [1.82, 2.24) is 0 Å². The Hall–Kier alpha value is -0.590. The van der Waals surface area contributed by atoms with E-state index in [0.717, 1.165) is 23.1 Å². The first-order chi connectivity index (χ1) is 7.96. The Bertz CT molecular complexity index is 336. The monoisotopic (exact) mass is 268 g/mol. The maximum absolute atomic E-state index is 12.5.